The summed E-state index contributed by atoms with van der Waals surface area (Å²) in [6.07, 6.45) is -4.78. The zero-order valence-corrected chi connectivity index (χ0v) is 17.8. The second-order valence-corrected chi connectivity index (χ2v) is 7.45. The van der Waals surface area contributed by atoms with Crippen molar-refractivity contribution in [3.63, 3.8) is 0 Å². The van der Waals surface area contributed by atoms with E-state index in [0.717, 1.165) is 4.68 Å². The average molecular weight is 492 g/mol. The number of benzene rings is 2. The van der Waals surface area contributed by atoms with Crippen LogP contribution >= 0.6 is 34.8 Å². The summed E-state index contributed by atoms with van der Waals surface area (Å²) in [7, 11) is 0. The van der Waals surface area contributed by atoms with Crippen LogP contribution in [0.25, 0.3) is 5.69 Å². The van der Waals surface area contributed by atoms with E-state index >= 15 is 0 Å². The number of halogens is 6. The molecule has 2 amide bonds. The third-order valence-corrected chi connectivity index (χ3v) is 4.83. The second kappa shape index (κ2) is 8.78. The molecule has 0 aliphatic carbocycles. The predicted molar refractivity (Wildman–Crippen MR) is 112 cm³/mol. The molecule has 3 rings (SSSR count). The molecule has 162 valence electrons. The summed E-state index contributed by atoms with van der Waals surface area (Å²) in [5, 5.41) is 8.51. The summed E-state index contributed by atoms with van der Waals surface area (Å²) in [6, 6.07) is 9.18. The van der Waals surface area contributed by atoms with Crippen LogP contribution in [0.5, 0.6) is 0 Å². The third-order valence-electron chi connectivity index (χ3n) is 3.91. The number of aromatic nitrogens is 2. The first-order valence-electron chi connectivity index (χ1n) is 8.47. The van der Waals surface area contributed by atoms with E-state index in [0.29, 0.717) is 6.07 Å². The Morgan fingerprint density at radius 2 is 1.58 bits per heavy atom. The molecule has 31 heavy (non-hydrogen) atoms. The van der Waals surface area contributed by atoms with Gasteiger partial charge in [-0.3, -0.25) is 9.59 Å². The van der Waals surface area contributed by atoms with E-state index in [1.54, 1.807) is 6.07 Å². The maximum Gasteiger partial charge on any atom is 0.435 e. The fourth-order valence-corrected chi connectivity index (χ4v) is 3.42. The fraction of sp³-hybridized carbons (Fsp3) is 0.105. The van der Waals surface area contributed by atoms with Gasteiger partial charge in [0.05, 0.1) is 26.4 Å². The third kappa shape index (κ3) is 5.12. The maximum absolute atomic E-state index is 13.2. The summed E-state index contributed by atoms with van der Waals surface area (Å²) < 4.78 is 40.5. The molecule has 0 fully saturated rings. The fourth-order valence-electron chi connectivity index (χ4n) is 2.62. The molecule has 2 aromatic carbocycles. The Labute approximate surface area is 188 Å². The predicted octanol–water partition coefficient (Wildman–Crippen LogP) is 6.06. The van der Waals surface area contributed by atoms with Crippen LogP contribution in [0.15, 0.2) is 42.5 Å². The molecule has 0 aliphatic rings. The Bertz CT molecular complexity index is 1160. The summed E-state index contributed by atoms with van der Waals surface area (Å²) in [6.45, 7) is 1.26. The summed E-state index contributed by atoms with van der Waals surface area (Å²) in [5.74, 6) is -1.33. The zero-order valence-electron chi connectivity index (χ0n) is 15.5. The van der Waals surface area contributed by atoms with Crippen molar-refractivity contribution in [3.8, 4) is 5.69 Å². The topological polar surface area (TPSA) is 76.0 Å². The number of nitrogens with zero attached hydrogens (tertiary/aromatic N) is 2. The first kappa shape index (κ1) is 22.9. The quantitative estimate of drug-likeness (QED) is 0.466. The lowest BCUT2D eigenvalue weighted by atomic mass is 10.2. The van der Waals surface area contributed by atoms with Gasteiger partial charge in [-0.25, -0.2) is 4.68 Å². The molecule has 2 N–H and O–H groups in total. The van der Waals surface area contributed by atoms with Gasteiger partial charge in [-0.15, -0.1) is 0 Å². The van der Waals surface area contributed by atoms with Crippen LogP contribution in [0.4, 0.5) is 24.5 Å². The standard InChI is InChI=1S/C19H12Cl3F3N4O2/c1-9(30)26-17-12(21)6-10(7-13(17)22)27-18(31)15-8-16(19(23,24)25)28-29(15)14-5-3-2-4-11(14)20/h2-8H,1H3,(H,26,30)(H,27,31). The summed E-state index contributed by atoms with van der Waals surface area (Å²) in [5.41, 5.74) is -1.38. The van der Waals surface area contributed by atoms with Gasteiger partial charge in [-0.05, 0) is 24.3 Å². The van der Waals surface area contributed by atoms with Crippen LogP contribution in [0, 0.1) is 0 Å². The Kier molecular flexibility index (Phi) is 6.49. The highest BCUT2D eigenvalue weighted by atomic mass is 35.5. The van der Waals surface area contributed by atoms with Gasteiger partial charge in [0.15, 0.2) is 5.69 Å². The van der Waals surface area contributed by atoms with Crippen molar-refractivity contribution in [1.29, 1.82) is 0 Å². The molecule has 6 nitrogen and oxygen atoms in total. The number of hydrogen-bond donors (Lipinski definition) is 2. The van der Waals surface area contributed by atoms with Gasteiger partial charge >= 0.3 is 6.18 Å². The van der Waals surface area contributed by atoms with E-state index in [-0.39, 0.29) is 32.1 Å². The highest BCUT2D eigenvalue weighted by Gasteiger charge is 2.36. The van der Waals surface area contributed by atoms with Gasteiger partial charge in [0.2, 0.25) is 5.91 Å². The number of carbonyl (C=O) groups is 2. The first-order valence-corrected chi connectivity index (χ1v) is 9.61. The molecule has 12 heteroatoms. The molecule has 0 aliphatic heterocycles. The molecule has 0 spiro atoms. The average Bonchev–Trinajstić information content (AvgIpc) is 3.11. The van der Waals surface area contributed by atoms with Gasteiger partial charge in [-0.1, -0.05) is 46.9 Å². The van der Waals surface area contributed by atoms with Gasteiger partial charge in [0.1, 0.15) is 5.69 Å². The van der Waals surface area contributed by atoms with Crippen LogP contribution < -0.4 is 10.6 Å². The Balaban J connectivity index is 2.01. The lowest BCUT2D eigenvalue weighted by molar-refractivity contribution is -0.141. The van der Waals surface area contributed by atoms with Gasteiger partial charge in [0, 0.05) is 18.7 Å². The highest BCUT2D eigenvalue weighted by Crippen LogP contribution is 2.35. The van der Waals surface area contributed by atoms with Crippen molar-refractivity contribution in [2.75, 3.05) is 10.6 Å². The van der Waals surface area contributed by atoms with E-state index in [1.165, 1.54) is 37.3 Å². The number of anilines is 2. The number of nitrogens with one attached hydrogen (secondary N) is 2. The SMILES string of the molecule is CC(=O)Nc1c(Cl)cc(NC(=O)c2cc(C(F)(F)F)nn2-c2ccccc2Cl)cc1Cl. The zero-order chi connectivity index (χ0) is 22.9. The second-order valence-electron chi connectivity index (χ2n) is 6.23. The molecule has 0 atom stereocenters. The highest BCUT2D eigenvalue weighted by molar-refractivity contribution is 6.40. The molecule has 0 unspecified atom stereocenters. The molecule has 0 radical (unpaired) electrons. The van der Waals surface area contributed by atoms with Crippen molar-refractivity contribution in [1.82, 2.24) is 9.78 Å². The van der Waals surface area contributed by atoms with E-state index in [9.17, 15) is 22.8 Å². The van der Waals surface area contributed by atoms with E-state index < -0.39 is 29.4 Å². The van der Waals surface area contributed by atoms with Crippen molar-refractivity contribution in [2.45, 2.75) is 13.1 Å². The van der Waals surface area contributed by atoms with Gasteiger partial charge in [-0.2, -0.15) is 18.3 Å². The number of amides is 2. The van der Waals surface area contributed by atoms with Gasteiger partial charge in [0.25, 0.3) is 5.91 Å². The lowest BCUT2D eigenvalue weighted by Gasteiger charge is -2.12. The molecule has 1 aromatic heterocycles. The lowest BCUT2D eigenvalue weighted by Crippen LogP contribution is -2.17. The van der Waals surface area contributed by atoms with Crippen LogP contribution in [-0.4, -0.2) is 21.6 Å². The van der Waals surface area contributed by atoms with E-state index in [1.807, 2.05) is 0 Å². The molecular weight excluding hydrogens is 480 g/mol. The van der Waals surface area contributed by atoms with E-state index in [2.05, 4.69) is 15.7 Å². The normalized spacial score (nSPS) is 11.3. The monoisotopic (exact) mass is 490 g/mol. The molecule has 3 aromatic rings. The van der Waals surface area contributed by atoms with Crippen molar-refractivity contribution < 1.29 is 22.8 Å². The molecule has 0 saturated carbocycles. The van der Waals surface area contributed by atoms with Crippen LogP contribution in [-0.2, 0) is 11.0 Å². The van der Waals surface area contributed by atoms with Crippen LogP contribution in [0.1, 0.15) is 23.1 Å². The Hall–Kier alpha value is -2.75. The summed E-state index contributed by atoms with van der Waals surface area (Å²) in [4.78, 5) is 24.0. The number of carbonyl (C=O) groups excluding carboxylic acids is 2. The number of rotatable bonds is 4. The van der Waals surface area contributed by atoms with Crippen LogP contribution in [0.2, 0.25) is 15.1 Å². The first-order chi connectivity index (χ1) is 14.5. The minimum absolute atomic E-state index is 0.0218. The minimum Gasteiger partial charge on any atom is -0.324 e. The van der Waals surface area contributed by atoms with Gasteiger partial charge < -0.3 is 10.6 Å². The Morgan fingerprint density at radius 1 is 0.968 bits per heavy atom. The summed E-state index contributed by atoms with van der Waals surface area (Å²) >= 11 is 18.2. The van der Waals surface area contributed by atoms with Crippen molar-refractivity contribution in [3.05, 3.63) is 68.9 Å². The smallest absolute Gasteiger partial charge is 0.324 e. The number of hydrogen-bond acceptors (Lipinski definition) is 3. The maximum atomic E-state index is 13.2. The Morgan fingerprint density at radius 3 is 2.13 bits per heavy atom. The number of para-hydroxylation sites is 1. The molecular formula is C19H12Cl3F3N4O2. The number of alkyl halides is 3. The van der Waals surface area contributed by atoms with Crippen LogP contribution in [0.3, 0.4) is 0 Å². The van der Waals surface area contributed by atoms with Crippen molar-refractivity contribution in [2.24, 2.45) is 0 Å². The van der Waals surface area contributed by atoms with E-state index in [4.69, 9.17) is 34.8 Å². The molecule has 1 heterocycles. The molecule has 0 bridgehead atoms. The van der Waals surface area contributed by atoms with Crippen molar-refractivity contribution >= 4 is 58.0 Å². The minimum atomic E-state index is -4.78. The largest absolute Gasteiger partial charge is 0.435 e. The molecule has 0 saturated heterocycles.